The van der Waals surface area contributed by atoms with E-state index in [0.717, 1.165) is 18.8 Å². The number of nitrogens with zero attached hydrogens (tertiary/aromatic N) is 2. The second-order valence-corrected chi connectivity index (χ2v) is 6.33. The smallest absolute Gasteiger partial charge is 0.254 e. The summed E-state index contributed by atoms with van der Waals surface area (Å²) in [5.74, 6) is -0.147. The lowest BCUT2D eigenvalue weighted by atomic mass is 10.1. The van der Waals surface area contributed by atoms with Crippen molar-refractivity contribution in [2.24, 2.45) is 0 Å². The van der Waals surface area contributed by atoms with E-state index in [1.54, 1.807) is 12.3 Å². The van der Waals surface area contributed by atoms with E-state index in [9.17, 15) is 4.79 Å². The van der Waals surface area contributed by atoms with E-state index in [1.165, 1.54) is 12.5 Å². The number of pyridine rings is 1. The molecule has 2 fully saturated rings. The molecule has 2 saturated heterocycles. The molecular formula is C18H21N3O4. The minimum Gasteiger partial charge on any atom is -0.472 e. The van der Waals surface area contributed by atoms with E-state index < -0.39 is 0 Å². The van der Waals surface area contributed by atoms with Crippen molar-refractivity contribution >= 4 is 5.91 Å². The molecule has 0 bridgehead atoms. The van der Waals surface area contributed by atoms with Gasteiger partial charge in [-0.3, -0.25) is 14.7 Å². The molecule has 3 atom stereocenters. The third-order valence-electron chi connectivity index (χ3n) is 4.74. The number of nitrogens with one attached hydrogen (secondary N) is 1. The van der Waals surface area contributed by atoms with Crippen LogP contribution in [-0.4, -0.2) is 60.3 Å². The first kappa shape index (κ1) is 16.3. The third kappa shape index (κ3) is 3.58. The number of ether oxygens (including phenoxy) is 2. The molecule has 2 aromatic heterocycles. The highest BCUT2D eigenvalue weighted by Gasteiger charge is 2.44. The number of carbonyl (C=O) groups excluding carboxylic acids is 1. The van der Waals surface area contributed by atoms with Gasteiger partial charge in [0.05, 0.1) is 55.5 Å². The Morgan fingerprint density at radius 3 is 3.16 bits per heavy atom. The maximum atomic E-state index is 12.4. The van der Waals surface area contributed by atoms with Crippen molar-refractivity contribution in [3.8, 4) is 0 Å². The van der Waals surface area contributed by atoms with Crippen molar-refractivity contribution in [1.29, 1.82) is 0 Å². The molecule has 0 aromatic carbocycles. The van der Waals surface area contributed by atoms with Gasteiger partial charge in [0, 0.05) is 19.3 Å². The molecule has 2 aromatic rings. The molecule has 1 amide bonds. The van der Waals surface area contributed by atoms with Crippen molar-refractivity contribution in [2.75, 3.05) is 26.3 Å². The topological polar surface area (TPSA) is 76.8 Å². The highest BCUT2D eigenvalue weighted by atomic mass is 16.5. The third-order valence-corrected chi connectivity index (χ3v) is 4.74. The van der Waals surface area contributed by atoms with E-state index in [1.807, 2.05) is 18.2 Å². The molecule has 2 aliphatic rings. The quantitative estimate of drug-likeness (QED) is 0.875. The molecule has 25 heavy (non-hydrogen) atoms. The van der Waals surface area contributed by atoms with E-state index in [0.29, 0.717) is 25.4 Å². The molecular weight excluding hydrogens is 322 g/mol. The number of furan rings is 1. The number of fused-ring (bicyclic) bond motifs is 1. The summed E-state index contributed by atoms with van der Waals surface area (Å²) in [5, 5.41) is 3.08. The molecule has 0 saturated carbocycles. The van der Waals surface area contributed by atoms with Gasteiger partial charge in [0.15, 0.2) is 0 Å². The number of amides is 1. The van der Waals surface area contributed by atoms with Crippen LogP contribution in [0.15, 0.2) is 47.4 Å². The average molecular weight is 343 g/mol. The summed E-state index contributed by atoms with van der Waals surface area (Å²) in [6, 6.07) is 7.45. The number of carbonyl (C=O) groups is 1. The molecule has 7 heteroatoms. The summed E-state index contributed by atoms with van der Waals surface area (Å²) in [4.78, 5) is 19.0. The number of hydrogen-bond donors (Lipinski definition) is 1. The van der Waals surface area contributed by atoms with Gasteiger partial charge in [-0.15, -0.1) is 0 Å². The van der Waals surface area contributed by atoms with Crippen molar-refractivity contribution in [3.05, 3.63) is 54.2 Å². The Labute approximate surface area is 145 Å². The fraction of sp³-hybridized carbons (Fsp3) is 0.444. The number of hydrogen-bond acceptors (Lipinski definition) is 6. The van der Waals surface area contributed by atoms with E-state index in [2.05, 4.69) is 15.2 Å². The van der Waals surface area contributed by atoms with Gasteiger partial charge in [0.25, 0.3) is 5.91 Å². The number of aromatic nitrogens is 1. The summed E-state index contributed by atoms with van der Waals surface area (Å²) in [7, 11) is 0. The lowest BCUT2D eigenvalue weighted by molar-refractivity contribution is -0.0537. The van der Waals surface area contributed by atoms with Crippen LogP contribution in [0.5, 0.6) is 0 Å². The summed E-state index contributed by atoms with van der Waals surface area (Å²) in [6.45, 7) is 3.35. The normalized spacial score (nSPS) is 26.3. The van der Waals surface area contributed by atoms with E-state index >= 15 is 0 Å². The van der Waals surface area contributed by atoms with Gasteiger partial charge < -0.3 is 19.2 Å². The predicted molar refractivity (Wildman–Crippen MR) is 89.0 cm³/mol. The van der Waals surface area contributed by atoms with Gasteiger partial charge in [-0.25, -0.2) is 0 Å². The Morgan fingerprint density at radius 2 is 2.36 bits per heavy atom. The zero-order chi connectivity index (χ0) is 17.1. The molecule has 0 unspecified atom stereocenters. The van der Waals surface area contributed by atoms with E-state index in [4.69, 9.17) is 13.9 Å². The fourth-order valence-corrected chi connectivity index (χ4v) is 3.48. The standard InChI is InChI=1S/C18H21N3O4/c22-18(13-4-7-23-10-13)20-15-9-21-6-8-24-12-16(21)17(15)25-11-14-3-1-2-5-19-14/h1-5,7,10,15-17H,6,8-9,11-12H2,(H,20,22)/t15-,16-,17+/m1/s1. The van der Waals surface area contributed by atoms with Gasteiger partial charge in [0.1, 0.15) is 6.26 Å². The van der Waals surface area contributed by atoms with Gasteiger partial charge >= 0.3 is 0 Å². The first-order valence-corrected chi connectivity index (χ1v) is 8.47. The maximum Gasteiger partial charge on any atom is 0.254 e. The van der Waals surface area contributed by atoms with Crippen molar-refractivity contribution in [3.63, 3.8) is 0 Å². The molecule has 0 spiro atoms. The lowest BCUT2D eigenvalue weighted by Crippen LogP contribution is -2.48. The largest absolute Gasteiger partial charge is 0.472 e. The molecule has 7 nitrogen and oxygen atoms in total. The summed E-state index contributed by atoms with van der Waals surface area (Å²) in [5.41, 5.74) is 1.39. The highest BCUT2D eigenvalue weighted by Crippen LogP contribution is 2.25. The van der Waals surface area contributed by atoms with Crippen LogP contribution in [0.1, 0.15) is 16.1 Å². The van der Waals surface area contributed by atoms with Crippen LogP contribution in [0.4, 0.5) is 0 Å². The first-order valence-electron chi connectivity index (χ1n) is 8.47. The minimum atomic E-state index is -0.147. The Balaban J connectivity index is 1.46. The lowest BCUT2D eigenvalue weighted by Gasteiger charge is -2.32. The zero-order valence-corrected chi connectivity index (χ0v) is 13.8. The van der Waals surface area contributed by atoms with Gasteiger partial charge in [0.2, 0.25) is 0 Å². The molecule has 4 rings (SSSR count). The SMILES string of the molecule is O=C(N[C@@H]1CN2CCOC[C@@H]2[C@H]1OCc1ccccn1)c1ccoc1. The van der Waals surface area contributed by atoms with Crippen LogP contribution >= 0.6 is 0 Å². The molecule has 1 N–H and O–H groups in total. The Hall–Kier alpha value is -2.22. The molecule has 132 valence electrons. The Kier molecular flexibility index (Phi) is 4.78. The highest BCUT2D eigenvalue weighted by molar-refractivity contribution is 5.94. The van der Waals surface area contributed by atoms with Crippen molar-refractivity contribution in [2.45, 2.75) is 24.8 Å². The van der Waals surface area contributed by atoms with Crippen LogP contribution in [0.2, 0.25) is 0 Å². The van der Waals surface area contributed by atoms with Crippen LogP contribution in [0, 0.1) is 0 Å². The molecule has 0 aliphatic carbocycles. The number of morpholine rings is 1. The van der Waals surface area contributed by atoms with E-state index in [-0.39, 0.29) is 24.1 Å². The fourth-order valence-electron chi connectivity index (χ4n) is 3.48. The summed E-state index contributed by atoms with van der Waals surface area (Å²) >= 11 is 0. The molecule has 2 aliphatic heterocycles. The summed E-state index contributed by atoms with van der Waals surface area (Å²) in [6.07, 6.45) is 4.56. The van der Waals surface area contributed by atoms with Gasteiger partial charge in [-0.05, 0) is 18.2 Å². The van der Waals surface area contributed by atoms with Crippen molar-refractivity contribution < 1.29 is 18.7 Å². The van der Waals surface area contributed by atoms with Gasteiger partial charge in [-0.2, -0.15) is 0 Å². The summed E-state index contributed by atoms with van der Waals surface area (Å²) < 4.78 is 16.8. The van der Waals surface area contributed by atoms with Crippen LogP contribution in [0.25, 0.3) is 0 Å². The van der Waals surface area contributed by atoms with Crippen LogP contribution in [0.3, 0.4) is 0 Å². The zero-order valence-electron chi connectivity index (χ0n) is 13.8. The van der Waals surface area contributed by atoms with Crippen LogP contribution in [-0.2, 0) is 16.1 Å². The minimum absolute atomic E-state index is 0.0992. The number of rotatable bonds is 5. The Morgan fingerprint density at radius 1 is 1.40 bits per heavy atom. The molecule has 4 heterocycles. The predicted octanol–water partition coefficient (Wildman–Crippen LogP) is 1.07. The first-order chi connectivity index (χ1) is 12.3. The Bertz CT molecular complexity index is 692. The second-order valence-electron chi connectivity index (χ2n) is 6.33. The average Bonchev–Trinajstić information content (AvgIpc) is 3.29. The monoisotopic (exact) mass is 343 g/mol. The molecule has 0 radical (unpaired) electrons. The van der Waals surface area contributed by atoms with Crippen LogP contribution < -0.4 is 5.32 Å². The van der Waals surface area contributed by atoms with Crippen molar-refractivity contribution in [1.82, 2.24) is 15.2 Å². The van der Waals surface area contributed by atoms with Gasteiger partial charge in [-0.1, -0.05) is 6.07 Å². The second kappa shape index (κ2) is 7.35. The maximum absolute atomic E-state index is 12.4.